The molecule has 0 unspecified atom stereocenters. The Bertz CT molecular complexity index is 1270. The van der Waals surface area contributed by atoms with Crippen molar-refractivity contribution >= 4 is 5.91 Å². The third-order valence-electron chi connectivity index (χ3n) is 6.08. The number of nitrogens with one attached hydrogen (secondary N) is 1. The van der Waals surface area contributed by atoms with Crippen molar-refractivity contribution in [2.45, 2.75) is 32.2 Å². The van der Waals surface area contributed by atoms with Gasteiger partial charge in [0, 0.05) is 23.5 Å². The quantitative estimate of drug-likeness (QED) is 0.414. The highest BCUT2D eigenvalue weighted by molar-refractivity contribution is 5.94. The summed E-state index contributed by atoms with van der Waals surface area (Å²) in [6.45, 7) is 2.06. The van der Waals surface area contributed by atoms with Gasteiger partial charge < -0.3 is 10.1 Å². The average molecular weight is 436 g/mol. The lowest BCUT2D eigenvalue weighted by atomic mass is 9.87. The number of ether oxygens (including phenoxy) is 1. The highest BCUT2D eigenvalue weighted by Crippen LogP contribution is 2.30. The second-order valence-corrected chi connectivity index (χ2v) is 8.31. The molecule has 0 radical (unpaired) electrons. The summed E-state index contributed by atoms with van der Waals surface area (Å²) in [5, 5.41) is 3.18. The van der Waals surface area contributed by atoms with E-state index in [2.05, 4.69) is 46.5 Å². The third kappa shape index (κ3) is 4.62. The minimum Gasteiger partial charge on any atom is -0.424 e. The van der Waals surface area contributed by atoms with Crippen molar-refractivity contribution in [1.29, 1.82) is 0 Å². The molecule has 5 rings (SSSR count). The smallest absolute Gasteiger partial charge is 0.321 e. The largest absolute Gasteiger partial charge is 0.424 e. The molecular formula is C28H25N3O2. The Kier molecular flexibility index (Phi) is 5.85. The Hall–Kier alpha value is -3.99. The van der Waals surface area contributed by atoms with Crippen LogP contribution in [-0.2, 0) is 6.42 Å². The Morgan fingerprint density at radius 3 is 2.45 bits per heavy atom. The molecule has 164 valence electrons. The topological polar surface area (TPSA) is 64.1 Å². The molecule has 0 aliphatic heterocycles. The molecule has 1 N–H and O–H groups in total. The minimum atomic E-state index is -0.0814. The average Bonchev–Trinajstić information content (AvgIpc) is 2.86. The maximum absolute atomic E-state index is 12.8. The summed E-state index contributed by atoms with van der Waals surface area (Å²) in [5.74, 6) is 0.500. The third-order valence-corrected chi connectivity index (χ3v) is 6.08. The van der Waals surface area contributed by atoms with Gasteiger partial charge in [0.2, 0.25) is 0 Å². The second kappa shape index (κ2) is 9.25. The van der Waals surface area contributed by atoms with Gasteiger partial charge in [0.25, 0.3) is 5.91 Å². The molecule has 5 heteroatoms. The van der Waals surface area contributed by atoms with Crippen molar-refractivity contribution in [3.8, 4) is 22.9 Å². The van der Waals surface area contributed by atoms with E-state index in [1.165, 1.54) is 16.7 Å². The molecule has 1 atom stereocenters. The molecule has 3 aromatic carbocycles. The molecule has 5 nitrogen and oxygen atoms in total. The second-order valence-electron chi connectivity index (χ2n) is 8.31. The van der Waals surface area contributed by atoms with Crippen LogP contribution in [0.5, 0.6) is 11.8 Å². The fourth-order valence-electron chi connectivity index (χ4n) is 4.33. The Labute approximate surface area is 193 Å². The first-order chi connectivity index (χ1) is 16.2. The number of fused-ring (bicyclic) bond motifs is 1. The Balaban J connectivity index is 1.24. The summed E-state index contributed by atoms with van der Waals surface area (Å²) < 4.78 is 5.78. The van der Waals surface area contributed by atoms with Gasteiger partial charge in [0.1, 0.15) is 5.75 Å². The number of hydrogen-bond acceptors (Lipinski definition) is 4. The van der Waals surface area contributed by atoms with Crippen LogP contribution >= 0.6 is 0 Å². The lowest BCUT2D eigenvalue weighted by Gasteiger charge is -2.26. The van der Waals surface area contributed by atoms with E-state index < -0.39 is 0 Å². The number of nitrogens with zero attached hydrogens (tertiary/aromatic N) is 2. The lowest BCUT2D eigenvalue weighted by molar-refractivity contribution is 0.0932. The van der Waals surface area contributed by atoms with Gasteiger partial charge in [-0.3, -0.25) is 4.79 Å². The van der Waals surface area contributed by atoms with Crippen molar-refractivity contribution in [3.05, 3.63) is 107 Å². The monoisotopic (exact) mass is 435 g/mol. The van der Waals surface area contributed by atoms with Crippen molar-refractivity contribution < 1.29 is 9.53 Å². The normalized spacial score (nSPS) is 14.9. The van der Waals surface area contributed by atoms with Gasteiger partial charge in [0.15, 0.2) is 0 Å². The van der Waals surface area contributed by atoms with Gasteiger partial charge in [-0.1, -0.05) is 48.5 Å². The van der Waals surface area contributed by atoms with Crippen molar-refractivity contribution in [1.82, 2.24) is 15.3 Å². The summed E-state index contributed by atoms with van der Waals surface area (Å²) in [7, 11) is 0. The van der Waals surface area contributed by atoms with E-state index in [1.54, 1.807) is 36.7 Å². The summed E-state index contributed by atoms with van der Waals surface area (Å²) >= 11 is 0. The Morgan fingerprint density at radius 2 is 1.67 bits per heavy atom. The van der Waals surface area contributed by atoms with Crippen LogP contribution in [0.15, 0.2) is 85.2 Å². The standard InChI is InChI=1S/C28H25N3O2/c1-19-7-2-4-10-24(19)22-17-29-28(30-18-22)33-23-15-13-21(14-16-23)27(32)31-26-12-6-9-20-8-3-5-11-25(20)26/h2-5,7-8,10-11,13-18,26H,6,9,12H2,1H3,(H,31,32)/t26-/m0/s1. The first kappa shape index (κ1) is 20.9. The molecule has 1 aliphatic rings. The van der Waals surface area contributed by atoms with Crippen molar-refractivity contribution in [2.24, 2.45) is 0 Å². The van der Waals surface area contributed by atoms with E-state index in [0.29, 0.717) is 11.3 Å². The van der Waals surface area contributed by atoms with Crippen LogP contribution < -0.4 is 10.1 Å². The van der Waals surface area contributed by atoms with Crippen LogP contribution in [0.4, 0.5) is 0 Å². The molecule has 1 amide bonds. The number of benzene rings is 3. The van der Waals surface area contributed by atoms with E-state index in [0.717, 1.165) is 30.4 Å². The van der Waals surface area contributed by atoms with Crippen LogP contribution in [0.2, 0.25) is 0 Å². The molecule has 0 bridgehead atoms. The van der Waals surface area contributed by atoms with Crippen LogP contribution in [0.3, 0.4) is 0 Å². The number of rotatable bonds is 5. The van der Waals surface area contributed by atoms with Gasteiger partial charge in [-0.15, -0.1) is 0 Å². The maximum Gasteiger partial charge on any atom is 0.321 e. The van der Waals surface area contributed by atoms with Crippen LogP contribution in [0, 0.1) is 6.92 Å². The SMILES string of the molecule is Cc1ccccc1-c1cnc(Oc2ccc(C(=O)N[C@H]3CCCc4ccccc43)cc2)nc1. The Morgan fingerprint density at radius 1 is 0.939 bits per heavy atom. The minimum absolute atomic E-state index is 0.0542. The maximum atomic E-state index is 12.8. The molecule has 0 spiro atoms. The van der Waals surface area contributed by atoms with E-state index >= 15 is 0 Å². The lowest BCUT2D eigenvalue weighted by Crippen LogP contribution is -2.30. The molecule has 1 aliphatic carbocycles. The van der Waals surface area contributed by atoms with Gasteiger partial charge in [-0.05, 0) is 72.7 Å². The predicted octanol–water partition coefficient (Wildman–Crippen LogP) is 6.05. The van der Waals surface area contributed by atoms with Gasteiger partial charge in [-0.2, -0.15) is 0 Å². The molecule has 4 aromatic rings. The predicted molar refractivity (Wildman–Crippen MR) is 128 cm³/mol. The van der Waals surface area contributed by atoms with Gasteiger partial charge in [-0.25, -0.2) is 9.97 Å². The summed E-state index contributed by atoms with van der Waals surface area (Å²) in [6.07, 6.45) is 6.63. The molecule has 0 saturated heterocycles. The zero-order chi connectivity index (χ0) is 22.6. The van der Waals surface area contributed by atoms with Gasteiger partial charge in [0.05, 0.1) is 6.04 Å². The number of hydrogen-bond donors (Lipinski definition) is 1. The number of aromatic nitrogens is 2. The number of aryl methyl sites for hydroxylation is 2. The fourth-order valence-corrected chi connectivity index (χ4v) is 4.33. The van der Waals surface area contributed by atoms with E-state index in [4.69, 9.17) is 4.74 Å². The zero-order valence-electron chi connectivity index (χ0n) is 18.5. The molecule has 0 saturated carbocycles. The number of amides is 1. The fraction of sp³-hybridized carbons (Fsp3) is 0.179. The summed E-state index contributed by atoms with van der Waals surface area (Å²) in [4.78, 5) is 21.5. The summed E-state index contributed by atoms with van der Waals surface area (Å²) in [5.41, 5.74) is 6.35. The van der Waals surface area contributed by atoms with Crippen LogP contribution in [0.1, 0.15) is 45.9 Å². The molecule has 0 fully saturated rings. The van der Waals surface area contributed by atoms with E-state index in [-0.39, 0.29) is 18.0 Å². The first-order valence-corrected chi connectivity index (χ1v) is 11.2. The van der Waals surface area contributed by atoms with E-state index in [1.807, 2.05) is 24.3 Å². The van der Waals surface area contributed by atoms with Crippen molar-refractivity contribution in [3.63, 3.8) is 0 Å². The van der Waals surface area contributed by atoms with Crippen LogP contribution in [-0.4, -0.2) is 15.9 Å². The van der Waals surface area contributed by atoms with E-state index in [9.17, 15) is 4.79 Å². The molecule has 1 heterocycles. The first-order valence-electron chi connectivity index (χ1n) is 11.2. The summed E-state index contributed by atoms with van der Waals surface area (Å²) in [6, 6.07) is 23.8. The molecule has 33 heavy (non-hydrogen) atoms. The highest BCUT2D eigenvalue weighted by Gasteiger charge is 2.21. The zero-order valence-corrected chi connectivity index (χ0v) is 18.5. The van der Waals surface area contributed by atoms with Crippen LogP contribution in [0.25, 0.3) is 11.1 Å². The number of carbonyl (C=O) groups is 1. The molecular weight excluding hydrogens is 410 g/mol. The highest BCUT2D eigenvalue weighted by atomic mass is 16.5. The molecule has 1 aromatic heterocycles. The van der Waals surface area contributed by atoms with Crippen molar-refractivity contribution in [2.75, 3.05) is 0 Å². The number of carbonyl (C=O) groups excluding carboxylic acids is 1. The van der Waals surface area contributed by atoms with Gasteiger partial charge >= 0.3 is 6.01 Å².